The molecule has 0 bridgehead atoms. The Kier molecular flexibility index (Phi) is 7.86. The Labute approximate surface area is 175 Å². The van der Waals surface area contributed by atoms with E-state index in [2.05, 4.69) is 10.5 Å². The highest BCUT2D eigenvalue weighted by atomic mass is 35.5. The molecule has 0 atom stereocenters. The summed E-state index contributed by atoms with van der Waals surface area (Å²) in [4.78, 5) is 12.2. The largest absolute Gasteiger partial charge is 0.271 e. The molecule has 6 nitrogen and oxygen atoms in total. The molecule has 0 spiro atoms. The van der Waals surface area contributed by atoms with Crippen molar-refractivity contribution in [2.24, 2.45) is 5.10 Å². The van der Waals surface area contributed by atoms with E-state index in [9.17, 15) is 13.2 Å². The number of sulfonamides is 1. The van der Waals surface area contributed by atoms with Crippen molar-refractivity contribution in [3.63, 3.8) is 0 Å². The molecule has 0 heterocycles. The zero-order valence-corrected chi connectivity index (χ0v) is 17.9. The monoisotopic (exact) mass is 441 g/mol. The lowest BCUT2D eigenvalue weighted by molar-refractivity contribution is -0.119. The zero-order valence-electron chi connectivity index (χ0n) is 15.5. The second kappa shape index (κ2) is 9.91. The van der Waals surface area contributed by atoms with Crippen LogP contribution in [0, 0.1) is 0 Å². The first kappa shape index (κ1) is 22.2. The first-order chi connectivity index (χ1) is 13.1. The van der Waals surface area contributed by atoms with Crippen LogP contribution in [-0.4, -0.2) is 32.8 Å². The van der Waals surface area contributed by atoms with Gasteiger partial charge in [-0.25, -0.2) is 13.8 Å². The first-order valence-electron chi connectivity index (χ1n) is 8.45. The van der Waals surface area contributed by atoms with Gasteiger partial charge in [0, 0.05) is 15.8 Å². The predicted molar refractivity (Wildman–Crippen MR) is 115 cm³/mol. The number of halogens is 2. The van der Waals surface area contributed by atoms with E-state index in [4.69, 9.17) is 23.2 Å². The minimum Gasteiger partial charge on any atom is -0.271 e. The number of carbonyl (C=O) groups excluding carboxylic acids is 1. The molecule has 0 saturated heterocycles. The molecule has 0 saturated carbocycles. The van der Waals surface area contributed by atoms with E-state index in [1.54, 1.807) is 6.92 Å². The van der Waals surface area contributed by atoms with Gasteiger partial charge >= 0.3 is 0 Å². The van der Waals surface area contributed by atoms with Crippen LogP contribution in [0.5, 0.6) is 0 Å². The van der Waals surface area contributed by atoms with Crippen LogP contribution < -0.4 is 9.73 Å². The molecular formula is C19H21Cl2N3O3S. The summed E-state index contributed by atoms with van der Waals surface area (Å²) in [6.45, 7) is 1.36. The first-order valence-corrected chi connectivity index (χ1v) is 11.1. The van der Waals surface area contributed by atoms with Crippen molar-refractivity contribution in [2.45, 2.75) is 19.8 Å². The number of nitrogens with one attached hydrogen (secondary N) is 1. The molecule has 1 amide bonds. The van der Waals surface area contributed by atoms with E-state index >= 15 is 0 Å². The zero-order chi connectivity index (χ0) is 20.7. The number of rotatable bonds is 8. The number of carbonyl (C=O) groups is 1. The van der Waals surface area contributed by atoms with Crippen LogP contribution in [0.4, 0.5) is 5.69 Å². The Morgan fingerprint density at radius 3 is 2.29 bits per heavy atom. The van der Waals surface area contributed by atoms with Crippen molar-refractivity contribution in [2.75, 3.05) is 17.1 Å². The SMILES string of the molecule is C/C(CCc1ccccc1)=N/NC(=O)CN(c1cc(Cl)cc(Cl)c1)S(C)(=O)=O. The van der Waals surface area contributed by atoms with E-state index in [0.717, 1.165) is 22.7 Å². The van der Waals surface area contributed by atoms with Crippen molar-refractivity contribution in [3.8, 4) is 0 Å². The third-order valence-electron chi connectivity index (χ3n) is 3.81. The highest BCUT2D eigenvalue weighted by molar-refractivity contribution is 7.92. The molecular weight excluding hydrogens is 421 g/mol. The fourth-order valence-electron chi connectivity index (χ4n) is 2.43. The number of hydrazone groups is 1. The maximum Gasteiger partial charge on any atom is 0.260 e. The van der Waals surface area contributed by atoms with E-state index in [1.807, 2.05) is 30.3 Å². The molecule has 0 aliphatic rings. The topological polar surface area (TPSA) is 78.8 Å². The molecule has 0 unspecified atom stereocenters. The Balaban J connectivity index is 2.01. The summed E-state index contributed by atoms with van der Waals surface area (Å²) in [5, 5.41) is 4.59. The number of anilines is 1. The summed E-state index contributed by atoms with van der Waals surface area (Å²) < 4.78 is 25.1. The van der Waals surface area contributed by atoms with Gasteiger partial charge in [-0.15, -0.1) is 0 Å². The van der Waals surface area contributed by atoms with E-state index in [0.29, 0.717) is 6.42 Å². The quantitative estimate of drug-likeness (QED) is 0.498. The van der Waals surface area contributed by atoms with Gasteiger partial charge < -0.3 is 0 Å². The van der Waals surface area contributed by atoms with Gasteiger partial charge in [0.15, 0.2) is 0 Å². The maximum atomic E-state index is 12.2. The molecule has 0 radical (unpaired) electrons. The van der Waals surface area contributed by atoms with Gasteiger partial charge in [0.25, 0.3) is 5.91 Å². The van der Waals surface area contributed by atoms with Gasteiger partial charge in [-0.05, 0) is 43.5 Å². The highest BCUT2D eigenvalue weighted by Crippen LogP contribution is 2.26. The van der Waals surface area contributed by atoms with Crippen LogP contribution >= 0.6 is 23.2 Å². The average molecular weight is 442 g/mol. The van der Waals surface area contributed by atoms with E-state index in [-0.39, 0.29) is 15.7 Å². The van der Waals surface area contributed by atoms with E-state index < -0.39 is 22.5 Å². The highest BCUT2D eigenvalue weighted by Gasteiger charge is 2.21. The smallest absolute Gasteiger partial charge is 0.260 e. The van der Waals surface area contributed by atoms with Gasteiger partial charge in [-0.2, -0.15) is 5.10 Å². The fraction of sp³-hybridized carbons (Fsp3) is 0.263. The standard InChI is InChI=1S/C19H21Cl2N3O3S/c1-14(8-9-15-6-4-3-5-7-15)22-23-19(25)13-24(28(2,26)27)18-11-16(20)10-17(21)12-18/h3-7,10-12H,8-9,13H2,1-2H3,(H,23,25)/b22-14-. The number of nitrogens with zero attached hydrogens (tertiary/aromatic N) is 2. The van der Waals surface area contributed by atoms with E-state index in [1.165, 1.54) is 23.8 Å². The molecule has 2 rings (SSSR count). The molecule has 1 N–H and O–H groups in total. The van der Waals surface area contributed by atoms with Crippen molar-refractivity contribution in [3.05, 3.63) is 64.1 Å². The van der Waals surface area contributed by atoms with Crippen LogP contribution in [0.3, 0.4) is 0 Å². The summed E-state index contributed by atoms with van der Waals surface area (Å²) in [5.41, 5.74) is 4.51. The average Bonchev–Trinajstić information content (AvgIpc) is 2.61. The summed E-state index contributed by atoms with van der Waals surface area (Å²) in [7, 11) is -3.72. The number of hydrogen-bond donors (Lipinski definition) is 1. The van der Waals surface area contributed by atoms with Crippen LogP contribution in [0.15, 0.2) is 53.6 Å². The predicted octanol–water partition coefficient (Wildman–Crippen LogP) is 3.88. The van der Waals surface area contributed by atoms with Crippen molar-refractivity contribution >= 4 is 50.5 Å². The Bertz CT molecular complexity index is 943. The molecule has 0 aliphatic heterocycles. The molecule has 2 aromatic carbocycles. The number of amides is 1. The second-order valence-electron chi connectivity index (χ2n) is 6.26. The number of aryl methyl sites for hydroxylation is 1. The molecule has 0 aromatic heterocycles. The molecule has 150 valence electrons. The minimum atomic E-state index is -3.72. The van der Waals surface area contributed by atoms with Crippen molar-refractivity contribution in [1.29, 1.82) is 0 Å². The lowest BCUT2D eigenvalue weighted by Crippen LogP contribution is -2.39. The molecule has 9 heteroatoms. The lowest BCUT2D eigenvalue weighted by atomic mass is 10.1. The number of benzene rings is 2. The summed E-state index contributed by atoms with van der Waals surface area (Å²) in [5.74, 6) is -0.569. The van der Waals surface area contributed by atoms with Gasteiger partial charge in [0.1, 0.15) is 6.54 Å². The van der Waals surface area contributed by atoms with Gasteiger partial charge in [0.05, 0.1) is 11.9 Å². The summed E-state index contributed by atoms with van der Waals surface area (Å²) in [6.07, 6.45) is 2.47. The molecule has 0 fully saturated rings. The van der Waals surface area contributed by atoms with Crippen LogP contribution in [0.1, 0.15) is 18.9 Å². The lowest BCUT2D eigenvalue weighted by Gasteiger charge is -2.21. The normalized spacial score (nSPS) is 11.9. The van der Waals surface area contributed by atoms with Gasteiger partial charge in [-0.1, -0.05) is 53.5 Å². The van der Waals surface area contributed by atoms with Crippen LogP contribution in [0.2, 0.25) is 10.0 Å². The molecule has 2 aromatic rings. The minimum absolute atomic E-state index is 0.208. The molecule has 0 aliphatic carbocycles. The summed E-state index contributed by atoms with van der Waals surface area (Å²) >= 11 is 11.9. The third kappa shape index (κ3) is 7.14. The maximum absolute atomic E-state index is 12.2. The second-order valence-corrected chi connectivity index (χ2v) is 9.04. The van der Waals surface area contributed by atoms with Crippen molar-refractivity contribution < 1.29 is 13.2 Å². The summed E-state index contributed by atoms with van der Waals surface area (Å²) in [6, 6.07) is 14.2. The van der Waals surface area contributed by atoms with Crippen LogP contribution in [-0.2, 0) is 21.2 Å². The number of hydrogen-bond acceptors (Lipinski definition) is 4. The van der Waals surface area contributed by atoms with Crippen LogP contribution in [0.25, 0.3) is 0 Å². The van der Waals surface area contributed by atoms with Gasteiger partial charge in [-0.3, -0.25) is 9.10 Å². The van der Waals surface area contributed by atoms with Crippen molar-refractivity contribution in [1.82, 2.24) is 5.43 Å². The Morgan fingerprint density at radius 1 is 1.11 bits per heavy atom. The fourth-order valence-corrected chi connectivity index (χ4v) is 3.79. The third-order valence-corrected chi connectivity index (χ3v) is 5.39. The van der Waals surface area contributed by atoms with Gasteiger partial charge in [0.2, 0.25) is 10.0 Å². The Hall–Kier alpha value is -2.09. The molecule has 28 heavy (non-hydrogen) atoms. The Morgan fingerprint density at radius 2 is 1.71 bits per heavy atom.